The lowest BCUT2D eigenvalue weighted by Gasteiger charge is -2.35. The molecule has 5 nitrogen and oxygen atoms in total. The predicted molar refractivity (Wildman–Crippen MR) is 126 cm³/mol. The number of ether oxygens (including phenoxy) is 1. The Morgan fingerprint density at radius 3 is 2.57 bits per heavy atom. The van der Waals surface area contributed by atoms with E-state index in [1.54, 1.807) is 31.3 Å². The Balaban J connectivity index is 0.00000320. The van der Waals surface area contributed by atoms with E-state index < -0.39 is 0 Å². The molecule has 1 aliphatic heterocycles. The van der Waals surface area contributed by atoms with E-state index >= 15 is 0 Å². The van der Waals surface area contributed by atoms with Gasteiger partial charge < -0.3 is 15.4 Å². The number of aliphatic imine (C=N–C) groups is 1. The SMILES string of the molecule is CN=C(NCCc1ccccc1F)NCC(c1cccc(F)c1)N1CCOCC1.I. The van der Waals surface area contributed by atoms with E-state index in [9.17, 15) is 8.78 Å². The Bertz CT molecular complexity index is 815. The van der Waals surface area contributed by atoms with Crippen molar-refractivity contribution in [2.45, 2.75) is 12.5 Å². The van der Waals surface area contributed by atoms with Crippen LogP contribution in [0, 0.1) is 11.6 Å². The molecule has 2 aromatic rings. The lowest BCUT2D eigenvalue weighted by Crippen LogP contribution is -2.46. The number of guanidine groups is 1. The van der Waals surface area contributed by atoms with Crippen molar-refractivity contribution in [3.05, 3.63) is 71.3 Å². The van der Waals surface area contributed by atoms with E-state index in [1.807, 2.05) is 12.1 Å². The second-order valence-corrected chi connectivity index (χ2v) is 6.94. The molecule has 8 heteroatoms. The van der Waals surface area contributed by atoms with E-state index in [2.05, 4.69) is 20.5 Å². The van der Waals surface area contributed by atoms with Crippen molar-refractivity contribution in [1.82, 2.24) is 15.5 Å². The van der Waals surface area contributed by atoms with Crippen LogP contribution < -0.4 is 10.6 Å². The van der Waals surface area contributed by atoms with Gasteiger partial charge in [0.1, 0.15) is 11.6 Å². The molecule has 1 aliphatic rings. The first-order valence-corrected chi connectivity index (χ1v) is 9.92. The van der Waals surface area contributed by atoms with Gasteiger partial charge in [-0.15, -0.1) is 24.0 Å². The third-order valence-corrected chi connectivity index (χ3v) is 5.05. The average Bonchev–Trinajstić information content (AvgIpc) is 2.75. The topological polar surface area (TPSA) is 48.9 Å². The van der Waals surface area contributed by atoms with Crippen LogP contribution in [0.5, 0.6) is 0 Å². The maximum absolute atomic E-state index is 13.8. The minimum absolute atomic E-state index is 0. The summed E-state index contributed by atoms with van der Waals surface area (Å²) in [6, 6.07) is 13.5. The standard InChI is InChI=1S/C22H28F2N4O.HI/c1-25-22(26-10-9-17-5-2-3-8-20(17)24)27-16-21(28-11-13-29-14-12-28)18-6-4-7-19(23)15-18;/h2-8,15,21H,9-14,16H2,1H3,(H2,25,26,27);1H. The Morgan fingerprint density at radius 2 is 1.87 bits per heavy atom. The number of benzene rings is 2. The van der Waals surface area contributed by atoms with Gasteiger partial charge in [-0.05, 0) is 35.7 Å². The van der Waals surface area contributed by atoms with E-state index in [4.69, 9.17) is 4.74 Å². The number of hydrogen-bond acceptors (Lipinski definition) is 3. The van der Waals surface area contributed by atoms with Gasteiger partial charge in [0, 0.05) is 33.2 Å². The van der Waals surface area contributed by atoms with Gasteiger partial charge in [0.25, 0.3) is 0 Å². The van der Waals surface area contributed by atoms with E-state index in [1.165, 1.54) is 12.1 Å². The molecular formula is C22H29F2IN4O. The van der Waals surface area contributed by atoms with Crippen LogP contribution in [-0.4, -0.2) is 57.3 Å². The van der Waals surface area contributed by atoms with Crippen LogP contribution in [0.4, 0.5) is 8.78 Å². The van der Waals surface area contributed by atoms with Gasteiger partial charge in [0.05, 0.1) is 19.3 Å². The number of rotatable bonds is 7. The zero-order valence-electron chi connectivity index (χ0n) is 17.1. The summed E-state index contributed by atoms with van der Waals surface area (Å²) >= 11 is 0. The molecule has 1 unspecified atom stereocenters. The van der Waals surface area contributed by atoms with Gasteiger partial charge in [-0.1, -0.05) is 30.3 Å². The van der Waals surface area contributed by atoms with Crippen molar-refractivity contribution < 1.29 is 13.5 Å². The molecule has 2 N–H and O–H groups in total. The molecule has 0 aliphatic carbocycles. The van der Waals surface area contributed by atoms with Crippen molar-refractivity contribution in [3.8, 4) is 0 Å². The van der Waals surface area contributed by atoms with Crippen LogP contribution in [0.1, 0.15) is 17.2 Å². The summed E-state index contributed by atoms with van der Waals surface area (Å²) in [7, 11) is 1.70. The van der Waals surface area contributed by atoms with E-state index in [-0.39, 0.29) is 41.7 Å². The Morgan fingerprint density at radius 1 is 1.10 bits per heavy atom. The zero-order chi connectivity index (χ0) is 20.5. The van der Waals surface area contributed by atoms with Crippen molar-refractivity contribution in [2.24, 2.45) is 4.99 Å². The Hall–Kier alpha value is -1.78. The number of morpholine rings is 1. The Kier molecular flexibility index (Phi) is 10.5. The fourth-order valence-corrected chi connectivity index (χ4v) is 3.49. The van der Waals surface area contributed by atoms with Gasteiger partial charge in [0.15, 0.2) is 5.96 Å². The van der Waals surface area contributed by atoms with Gasteiger partial charge in [-0.2, -0.15) is 0 Å². The first kappa shape index (κ1) is 24.5. The monoisotopic (exact) mass is 530 g/mol. The van der Waals surface area contributed by atoms with Gasteiger partial charge >= 0.3 is 0 Å². The van der Waals surface area contributed by atoms with Crippen LogP contribution in [0.25, 0.3) is 0 Å². The third kappa shape index (κ3) is 7.17. The molecule has 0 amide bonds. The second-order valence-electron chi connectivity index (χ2n) is 6.94. The summed E-state index contributed by atoms with van der Waals surface area (Å²) in [6.07, 6.45) is 0.560. The van der Waals surface area contributed by atoms with E-state index in [0.717, 1.165) is 18.7 Å². The maximum atomic E-state index is 13.8. The van der Waals surface area contributed by atoms with Crippen LogP contribution in [-0.2, 0) is 11.2 Å². The van der Waals surface area contributed by atoms with Crippen molar-refractivity contribution in [3.63, 3.8) is 0 Å². The highest BCUT2D eigenvalue weighted by molar-refractivity contribution is 14.0. The van der Waals surface area contributed by atoms with Crippen LogP contribution in [0.3, 0.4) is 0 Å². The first-order valence-electron chi connectivity index (χ1n) is 9.92. The quantitative estimate of drug-likeness (QED) is 0.328. The largest absolute Gasteiger partial charge is 0.379 e. The molecule has 1 saturated heterocycles. The smallest absolute Gasteiger partial charge is 0.191 e. The fourth-order valence-electron chi connectivity index (χ4n) is 3.49. The Labute approximate surface area is 193 Å². The van der Waals surface area contributed by atoms with Crippen LogP contribution in [0.2, 0.25) is 0 Å². The number of hydrogen-bond donors (Lipinski definition) is 2. The highest BCUT2D eigenvalue weighted by Crippen LogP contribution is 2.22. The molecule has 0 saturated carbocycles. The van der Waals surface area contributed by atoms with Crippen molar-refractivity contribution in [1.29, 1.82) is 0 Å². The summed E-state index contributed by atoms with van der Waals surface area (Å²) in [4.78, 5) is 6.54. The van der Waals surface area contributed by atoms with Gasteiger partial charge in [0.2, 0.25) is 0 Å². The van der Waals surface area contributed by atoms with E-state index in [0.29, 0.717) is 44.2 Å². The summed E-state index contributed by atoms with van der Waals surface area (Å²) in [5.41, 5.74) is 1.59. The predicted octanol–water partition coefficient (Wildman–Crippen LogP) is 3.36. The number of nitrogens with one attached hydrogen (secondary N) is 2. The minimum Gasteiger partial charge on any atom is -0.379 e. The van der Waals surface area contributed by atoms with Crippen molar-refractivity contribution >= 4 is 29.9 Å². The molecule has 1 heterocycles. The highest BCUT2D eigenvalue weighted by Gasteiger charge is 2.23. The summed E-state index contributed by atoms with van der Waals surface area (Å²) in [5.74, 6) is 0.194. The minimum atomic E-state index is -0.242. The summed E-state index contributed by atoms with van der Waals surface area (Å²) in [6.45, 7) is 4.05. The van der Waals surface area contributed by atoms with Crippen LogP contribution >= 0.6 is 24.0 Å². The number of nitrogens with zero attached hydrogens (tertiary/aromatic N) is 2. The fraction of sp³-hybridized carbons (Fsp3) is 0.409. The first-order chi connectivity index (χ1) is 14.2. The molecular weight excluding hydrogens is 501 g/mol. The molecule has 0 aromatic heterocycles. The zero-order valence-corrected chi connectivity index (χ0v) is 19.4. The molecule has 1 atom stereocenters. The summed E-state index contributed by atoms with van der Waals surface area (Å²) < 4.78 is 33.0. The molecule has 0 bridgehead atoms. The van der Waals surface area contributed by atoms with Crippen molar-refractivity contribution in [2.75, 3.05) is 46.4 Å². The second kappa shape index (κ2) is 12.8. The maximum Gasteiger partial charge on any atom is 0.191 e. The molecule has 1 fully saturated rings. The lowest BCUT2D eigenvalue weighted by molar-refractivity contribution is 0.0169. The third-order valence-electron chi connectivity index (χ3n) is 5.05. The molecule has 3 rings (SSSR count). The molecule has 0 spiro atoms. The highest BCUT2D eigenvalue weighted by atomic mass is 127. The molecule has 30 heavy (non-hydrogen) atoms. The normalized spacial score (nSPS) is 15.9. The van der Waals surface area contributed by atoms with Crippen LogP contribution in [0.15, 0.2) is 53.5 Å². The van der Waals surface area contributed by atoms with Gasteiger partial charge in [-0.25, -0.2) is 8.78 Å². The van der Waals surface area contributed by atoms with Gasteiger partial charge in [-0.3, -0.25) is 9.89 Å². The molecule has 0 radical (unpaired) electrons. The summed E-state index contributed by atoms with van der Waals surface area (Å²) in [5, 5.41) is 6.55. The lowest BCUT2D eigenvalue weighted by atomic mass is 10.0. The number of halogens is 3. The molecule has 164 valence electrons. The molecule has 2 aromatic carbocycles. The average molecular weight is 530 g/mol.